The molecule has 0 radical (unpaired) electrons. The van der Waals surface area contributed by atoms with Crippen molar-refractivity contribution in [1.82, 2.24) is 15.2 Å². The van der Waals surface area contributed by atoms with Crippen LogP contribution in [0.25, 0.3) is 0 Å². The molecule has 2 aromatic rings. The first-order valence-corrected chi connectivity index (χ1v) is 9.13. The highest BCUT2D eigenvalue weighted by Crippen LogP contribution is 2.17. The van der Waals surface area contributed by atoms with E-state index in [1.54, 1.807) is 6.21 Å². The maximum atomic E-state index is 12.0. The van der Waals surface area contributed by atoms with Gasteiger partial charge in [-0.25, -0.2) is 5.43 Å². The average Bonchev–Trinajstić information content (AvgIpc) is 2.66. The molecule has 6 heteroatoms. The topological polar surface area (TPSA) is 47.9 Å². The molecule has 1 aliphatic heterocycles. The predicted molar refractivity (Wildman–Crippen MR) is 105 cm³/mol. The van der Waals surface area contributed by atoms with E-state index < -0.39 is 0 Å². The molecule has 0 bridgehead atoms. The Labute approximate surface area is 159 Å². The molecule has 5 nitrogen and oxygen atoms in total. The molecule has 0 aromatic heterocycles. The van der Waals surface area contributed by atoms with Gasteiger partial charge in [0, 0.05) is 37.7 Å². The minimum Gasteiger partial charge on any atom is -0.296 e. The molecule has 1 saturated heterocycles. The van der Waals surface area contributed by atoms with Crippen LogP contribution in [0.5, 0.6) is 0 Å². The fourth-order valence-electron chi connectivity index (χ4n) is 2.93. The van der Waals surface area contributed by atoms with Crippen LogP contribution in [0, 0.1) is 0 Å². The Morgan fingerprint density at radius 1 is 1.00 bits per heavy atom. The van der Waals surface area contributed by atoms with Gasteiger partial charge < -0.3 is 0 Å². The van der Waals surface area contributed by atoms with Crippen molar-refractivity contribution in [2.75, 3.05) is 32.7 Å². The molecule has 0 saturated carbocycles. The second-order valence-corrected chi connectivity index (χ2v) is 6.75. The van der Waals surface area contributed by atoms with E-state index in [0.717, 1.165) is 48.9 Å². The number of rotatable bonds is 6. The molecular formula is C20H23ClN4O. The van der Waals surface area contributed by atoms with Gasteiger partial charge in [-0.1, -0.05) is 60.1 Å². The molecule has 1 aliphatic rings. The number of amides is 1. The van der Waals surface area contributed by atoms with Gasteiger partial charge in [-0.2, -0.15) is 5.10 Å². The van der Waals surface area contributed by atoms with E-state index in [4.69, 9.17) is 11.6 Å². The third-order valence-electron chi connectivity index (χ3n) is 4.39. The first-order valence-electron chi connectivity index (χ1n) is 8.76. The minimum absolute atomic E-state index is 0.0864. The lowest BCUT2D eigenvalue weighted by Gasteiger charge is -2.34. The zero-order chi connectivity index (χ0) is 18.2. The summed E-state index contributed by atoms with van der Waals surface area (Å²) in [7, 11) is 0. The van der Waals surface area contributed by atoms with E-state index in [-0.39, 0.29) is 5.91 Å². The molecule has 0 spiro atoms. The standard InChI is InChI=1S/C20H23ClN4O/c21-19-9-5-4-8-18(19)15-24-10-12-25(13-11-24)16-20(26)23-22-14-17-6-2-1-3-7-17/h1-9,14H,10-13,15-16H2,(H,23,26)/b22-14+. The van der Waals surface area contributed by atoms with Crippen molar-refractivity contribution in [3.63, 3.8) is 0 Å². The molecular weight excluding hydrogens is 348 g/mol. The molecule has 0 aliphatic carbocycles. The quantitative estimate of drug-likeness (QED) is 0.628. The van der Waals surface area contributed by atoms with Crippen LogP contribution < -0.4 is 5.43 Å². The molecule has 3 rings (SSSR count). The highest BCUT2D eigenvalue weighted by Gasteiger charge is 2.19. The smallest absolute Gasteiger partial charge is 0.254 e. The summed E-state index contributed by atoms with van der Waals surface area (Å²) < 4.78 is 0. The van der Waals surface area contributed by atoms with E-state index in [2.05, 4.69) is 26.4 Å². The largest absolute Gasteiger partial charge is 0.296 e. The third-order valence-corrected chi connectivity index (χ3v) is 4.76. The van der Waals surface area contributed by atoms with Crippen molar-refractivity contribution < 1.29 is 4.79 Å². The van der Waals surface area contributed by atoms with Crippen LogP contribution in [0.15, 0.2) is 59.7 Å². The van der Waals surface area contributed by atoms with Gasteiger partial charge in [0.2, 0.25) is 0 Å². The molecule has 136 valence electrons. The average molecular weight is 371 g/mol. The highest BCUT2D eigenvalue weighted by atomic mass is 35.5. The highest BCUT2D eigenvalue weighted by molar-refractivity contribution is 6.31. The number of halogens is 1. The van der Waals surface area contributed by atoms with Crippen molar-refractivity contribution in [3.05, 3.63) is 70.7 Å². The Balaban J connectivity index is 1.39. The first kappa shape index (κ1) is 18.6. The summed E-state index contributed by atoms with van der Waals surface area (Å²) in [6.07, 6.45) is 1.65. The zero-order valence-corrected chi connectivity index (χ0v) is 15.4. The Bertz CT molecular complexity index is 742. The van der Waals surface area contributed by atoms with E-state index >= 15 is 0 Å². The summed E-state index contributed by atoms with van der Waals surface area (Å²) in [5.74, 6) is -0.0864. The van der Waals surface area contributed by atoms with E-state index in [9.17, 15) is 4.79 Å². The van der Waals surface area contributed by atoms with Gasteiger partial charge >= 0.3 is 0 Å². The number of benzene rings is 2. The van der Waals surface area contributed by atoms with Crippen molar-refractivity contribution in [2.24, 2.45) is 5.10 Å². The third kappa shape index (κ3) is 5.66. The van der Waals surface area contributed by atoms with Gasteiger partial charge in [0.15, 0.2) is 0 Å². The summed E-state index contributed by atoms with van der Waals surface area (Å²) in [6.45, 7) is 4.78. The second kappa shape index (κ2) is 9.48. The van der Waals surface area contributed by atoms with Gasteiger partial charge in [0.25, 0.3) is 5.91 Å². The summed E-state index contributed by atoms with van der Waals surface area (Å²) in [5.41, 5.74) is 4.70. The van der Waals surface area contributed by atoms with Crippen LogP contribution in [-0.2, 0) is 11.3 Å². The maximum Gasteiger partial charge on any atom is 0.254 e. The number of hydrogen-bond donors (Lipinski definition) is 1. The number of piperazine rings is 1. The van der Waals surface area contributed by atoms with Crippen molar-refractivity contribution in [3.8, 4) is 0 Å². The number of carbonyl (C=O) groups is 1. The van der Waals surface area contributed by atoms with Gasteiger partial charge in [0.05, 0.1) is 12.8 Å². The molecule has 2 aromatic carbocycles. The monoisotopic (exact) mass is 370 g/mol. The zero-order valence-electron chi connectivity index (χ0n) is 14.6. The lowest BCUT2D eigenvalue weighted by molar-refractivity contribution is -0.122. The SMILES string of the molecule is O=C(CN1CCN(Cc2ccccc2Cl)CC1)N/N=C/c1ccccc1. The van der Waals surface area contributed by atoms with Crippen LogP contribution in [-0.4, -0.2) is 54.6 Å². The van der Waals surface area contributed by atoms with Crippen molar-refractivity contribution in [1.29, 1.82) is 0 Å². The van der Waals surface area contributed by atoms with Gasteiger partial charge in [-0.3, -0.25) is 14.6 Å². The van der Waals surface area contributed by atoms with E-state index in [0.29, 0.717) is 6.54 Å². The number of nitrogens with zero attached hydrogens (tertiary/aromatic N) is 3. The van der Waals surface area contributed by atoms with Gasteiger partial charge in [0.1, 0.15) is 0 Å². The van der Waals surface area contributed by atoms with Crippen LogP contribution in [0.2, 0.25) is 5.02 Å². The van der Waals surface area contributed by atoms with Gasteiger partial charge in [-0.15, -0.1) is 0 Å². The number of carbonyl (C=O) groups excluding carboxylic acids is 1. The molecule has 1 N–H and O–H groups in total. The molecule has 1 amide bonds. The summed E-state index contributed by atoms with van der Waals surface area (Å²) >= 11 is 6.23. The minimum atomic E-state index is -0.0864. The van der Waals surface area contributed by atoms with Crippen LogP contribution in [0.3, 0.4) is 0 Å². The van der Waals surface area contributed by atoms with Gasteiger partial charge in [-0.05, 0) is 17.2 Å². The Morgan fingerprint density at radius 3 is 2.38 bits per heavy atom. The summed E-state index contributed by atoms with van der Waals surface area (Å²) in [6, 6.07) is 17.6. The fourth-order valence-corrected chi connectivity index (χ4v) is 3.12. The lowest BCUT2D eigenvalue weighted by Crippen LogP contribution is -2.48. The molecule has 26 heavy (non-hydrogen) atoms. The molecule has 0 unspecified atom stereocenters. The predicted octanol–water partition coefficient (Wildman–Crippen LogP) is 2.61. The van der Waals surface area contributed by atoms with Crippen LogP contribution in [0.4, 0.5) is 0 Å². The van der Waals surface area contributed by atoms with E-state index in [1.165, 1.54) is 0 Å². The second-order valence-electron chi connectivity index (χ2n) is 6.35. The van der Waals surface area contributed by atoms with E-state index in [1.807, 2.05) is 48.5 Å². The van der Waals surface area contributed by atoms with Crippen molar-refractivity contribution >= 4 is 23.7 Å². The summed E-state index contributed by atoms with van der Waals surface area (Å²) in [5, 5.41) is 4.82. The van der Waals surface area contributed by atoms with Crippen LogP contribution in [0.1, 0.15) is 11.1 Å². The molecule has 0 atom stereocenters. The normalized spacial score (nSPS) is 16.0. The fraction of sp³-hybridized carbons (Fsp3) is 0.300. The Morgan fingerprint density at radius 2 is 1.65 bits per heavy atom. The van der Waals surface area contributed by atoms with Crippen LogP contribution >= 0.6 is 11.6 Å². The molecule has 1 heterocycles. The molecule has 1 fully saturated rings. The maximum absolute atomic E-state index is 12.0. The first-order chi connectivity index (χ1) is 12.7. The Kier molecular flexibility index (Phi) is 6.77. The number of nitrogens with one attached hydrogen (secondary N) is 1. The van der Waals surface area contributed by atoms with Crippen molar-refractivity contribution in [2.45, 2.75) is 6.54 Å². The Hall–Kier alpha value is -2.21. The lowest BCUT2D eigenvalue weighted by atomic mass is 10.2. The number of hydrazone groups is 1. The summed E-state index contributed by atoms with van der Waals surface area (Å²) in [4.78, 5) is 16.5. The number of hydrogen-bond acceptors (Lipinski definition) is 4.